The van der Waals surface area contributed by atoms with Crippen LogP contribution in [0.5, 0.6) is 5.88 Å². The molecule has 0 saturated heterocycles. The van der Waals surface area contributed by atoms with E-state index in [-0.39, 0.29) is 12.7 Å². The lowest BCUT2D eigenvalue weighted by Crippen LogP contribution is -2.25. The van der Waals surface area contributed by atoms with Crippen molar-refractivity contribution in [3.8, 4) is 5.88 Å². The van der Waals surface area contributed by atoms with E-state index in [1.807, 2.05) is 0 Å². The Bertz CT molecular complexity index is 381. The van der Waals surface area contributed by atoms with E-state index in [0.29, 0.717) is 16.8 Å². The lowest BCUT2D eigenvalue weighted by molar-refractivity contribution is 0.101. The van der Waals surface area contributed by atoms with Crippen molar-refractivity contribution in [3.63, 3.8) is 0 Å². The monoisotopic (exact) mass is 319 g/mol. The van der Waals surface area contributed by atoms with Gasteiger partial charge in [0.05, 0.1) is 0 Å². The highest BCUT2D eigenvalue weighted by molar-refractivity contribution is 9.10. The van der Waals surface area contributed by atoms with Crippen molar-refractivity contribution in [1.82, 2.24) is 4.98 Å². The third-order valence-corrected chi connectivity index (χ3v) is 3.81. The second-order valence-corrected chi connectivity index (χ2v) is 5.71. The predicted molar refractivity (Wildman–Crippen MR) is 70.4 cm³/mol. The van der Waals surface area contributed by atoms with Gasteiger partial charge in [-0.25, -0.2) is 4.98 Å². The lowest BCUT2D eigenvalue weighted by atomic mass is 9.88. The molecule has 1 heterocycles. The van der Waals surface area contributed by atoms with Gasteiger partial charge in [-0.15, -0.1) is 0 Å². The highest BCUT2D eigenvalue weighted by atomic mass is 79.9. The predicted octanol–water partition coefficient (Wildman–Crippen LogP) is 3.43. The van der Waals surface area contributed by atoms with Gasteiger partial charge in [-0.1, -0.05) is 11.6 Å². The molecule has 0 amide bonds. The van der Waals surface area contributed by atoms with E-state index in [9.17, 15) is 0 Å². The average Bonchev–Trinajstić information content (AvgIpc) is 2.34. The fourth-order valence-corrected chi connectivity index (χ4v) is 2.75. The highest BCUT2D eigenvalue weighted by Gasteiger charge is 2.22. The number of pyridine rings is 1. The van der Waals surface area contributed by atoms with Crippen molar-refractivity contribution in [1.29, 1.82) is 0 Å². The molecule has 0 spiro atoms. The Morgan fingerprint density at radius 2 is 2.12 bits per heavy atom. The Morgan fingerprint density at radius 1 is 1.41 bits per heavy atom. The van der Waals surface area contributed by atoms with Crippen LogP contribution in [-0.4, -0.2) is 22.8 Å². The Labute approximate surface area is 114 Å². The minimum absolute atomic E-state index is 0.170. The molecule has 1 fully saturated rings. The summed E-state index contributed by atoms with van der Waals surface area (Å²) in [4.78, 5) is 4.16. The standard InChI is InChI=1S/C12H15BrClNO2/c13-9-5-11(14)12(15-6-9)17-10-3-1-8(7-16)2-4-10/h5-6,8,10,16H,1-4,7H2. The second-order valence-electron chi connectivity index (χ2n) is 4.38. The van der Waals surface area contributed by atoms with Crippen LogP contribution in [-0.2, 0) is 0 Å². The SMILES string of the molecule is OCC1CCC(Oc2ncc(Br)cc2Cl)CC1. The second kappa shape index (κ2) is 6.03. The maximum Gasteiger partial charge on any atom is 0.232 e. The molecule has 2 rings (SSSR count). The van der Waals surface area contributed by atoms with E-state index in [4.69, 9.17) is 21.4 Å². The maximum atomic E-state index is 9.06. The number of rotatable bonds is 3. The number of hydrogen-bond donors (Lipinski definition) is 1. The average molecular weight is 321 g/mol. The quantitative estimate of drug-likeness (QED) is 0.928. The van der Waals surface area contributed by atoms with Gasteiger partial charge in [-0.2, -0.15) is 0 Å². The lowest BCUT2D eigenvalue weighted by Gasteiger charge is -2.27. The van der Waals surface area contributed by atoms with Crippen molar-refractivity contribution in [3.05, 3.63) is 21.8 Å². The van der Waals surface area contributed by atoms with Crippen LogP contribution in [0.15, 0.2) is 16.7 Å². The third kappa shape index (κ3) is 3.57. The molecule has 0 radical (unpaired) electrons. The molecule has 1 saturated carbocycles. The molecule has 0 aliphatic heterocycles. The van der Waals surface area contributed by atoms with E-state index >= 15 is 0 Å². The maximum absolute atomic E-state index is 9.06. The summed E-state index contributed by atoms with van der Waals surface area (Å²) in [5.41, 5.74) is 0. The molecule has 3 nitrogen and oxygen atoms in total. The zero-order valence-corrected chi connectivity index (χ0v) is 11.7. The number of ether oxygens (including phenoxy) is 1. The summed E-state index contributed by atoms with van der Waals surface area (Å²) >= 11 is 9.36. The summed E-state index contributed by atoms with van der Waals surface area (Å²) < 4.78 is 6.63. The van der Waals surface area contributed by atoms with Gasteiger partial charge in [0.15, 0.2) is 0 Å². The van der Waals surface area contributed by atoms with Crippen LogP contribution in [0, 0.1) is 5.92 Å². The molecular weight excluding hydrogens is 305 g/mol. The van der Waals surface area contributed by atoms with Crippen LogP contribution < -0.4 is 4.74 Å². The fourth-order valence-electron chi connectivity index (χ4n) is 2.08. The smallest absolute Gasteiger partial charge is 0.232 e. The van der Waals surface area contributed by atoms with E-state index in [1.54, 1.807) is 12.3 Å². The van der Waals surface area contributed by atoms with Gasteiger partial charge in [0.25, 0.3) is 0 Å². The van der Waals surface area contributed by atoms with Crippen molar-refractivity contribution < 1.29 is 9.84 Å². The van der Waals surface area contributed by atoms with Crippen molar-refractivity contribution in [2.75, 3.05) is 6.61 Å². The van der Waals surface area contributed by atoms with Gasteiger partial charge >= 0.3 is 0 Å². The van der Waals surface area contributed by atoms with Gasteiger partial charge in [0.2, 0.25) is 5.88 Å². The summed E-state index contributed by atoms with van der Waals surface area (Å²) in [5, 5.41) is 9.59. The molecule has 1 N–H and O–H groups in total. The van der Waals surface area contributed by atoms with Crippen molar-refractivity contribution >= 4 is 27.5 Å². The normalized spacial score (nSPS) is 24.6. The summed E-state index contributed by atoms with van der Waals surface area (Å²) in [6.45, 7) is 0.282. The first kappa shape index (κ1) is 13.1. The zero-order valence-electron chi connectivity index (χ0n) is 9.40. The first-order valence-electron chi connectivity index (χ1n) is 5.77. The van der Waals surface area contributed by atoms with Crippen molar-refractivity contribution in [2.45, 2.75) is 31.8 Å². The molecular formula is C12H15BrClNO2. The minimum atomic E-state index is 0.170. The number of aliphatic hydroxyl groups excluding tert-OH is 1. The van der Waals surface area contributed by atoms with Crippen molar-refractivity contribution in [2.24, 2.45) is 5.92 Å². The molecule has 5 heteroatoms. The number of aliphatic hydroxyl groups is 1. The van der Waals surface area contributed by atoms with Gasteiger partial charge in [0, 0.05) is 17.3 Å². The molecule has 0 bridgehead atoms. The molecule has 0 unspecified atom stereocenters. The summed E-state index contributed by atoms with van der Waals surface area (Å²) in [7, 11) is 0. The van der Waals surface area contributed by atoms with Gasteiger partial charge in [-0.05, 0) is 53.6 Å². The Balaban J connectivity index is 1.93. The van der Waals surface area contributed by atoms with E-state index in [1.165, 1.54) is 0 Å². The van der Waals surface area contributed by atoms with Gasteiger partial charge < -0.3 is 9.84 Å². The molecule has 17 heavy (non-hydrogen) atoms. The first-order valence-corrected chi connectivity index (χ1v) is 6.94. The number of halogens is 2. The zero-order chi connectivity index (χ0) is 12.3. The Kier molecular flexibility index (Phi) is 4.65. The molecule has 1 aromatic heterocycles. The van der Waals surface area contributed by atoms with E-state index in [0.717, 1.165) is 30.2 Å². The van der Waals surface area contributed by atoms with E-state index < -0.39 is 0 Å². The largest absolute Gasteiger partial charge is 0.473 e. The van der Waals surface area contributed by atoms with Crippen LogP contribution in [0.4, 0.5) is 0 Å². The topological polar surface area (TPSA) is 42.4 Å². The fraction of sp³-hybridized carbons (Fsp3) is 0.583. The molecule has 0 aromatic carbocycles. The number of nitrogens with zero attached hydrogens (tertiary/aromatic N) is 1. The first-order chi connectivity index (χ1) is 8.19. The van der Waals surface area contributed by atoms with Gasteiger partial charge in [0.1, 0.15) is 11.1 Å². The van der Waals surface area contributed by atoms with E-state index in [2.05, 4.69) is 20.9 Å². The van der Waals surface area contributed by atoms with Crippen LogP contribution >= 0.6 is 27.5 Å². The number of aromatic nitrogens is 1. The molecule has 1 aliphatic rings. The van der Waals surface area contributed by atoms with Crippen LogP contribution in [0.1, 0.15) is 25.7 Å². The molecule has 0 atom stereocenters. The molecule has 1 aliphatic carbocycles. The summed E-state index contributed by atoms with van der Waals surface area (Å²) in [6.07, 6.45) is 5.79. The van der Waals surface area contributed by atoms with Crippen LogP contribution in [0.3, 0.4) is 0 Å². The summed E-state index contributed by atoms with van der Waals surface area (Å²) in [5.74, 6) is 0.936. The highest BCUT2D eigenvalue weighted by Crippen LogP contribution is 2.30. The third-order valence-electron chi connectivity index (χ3n) is 3.10. The summed E-state index contributed by atoms with van der Waals surface area (Å²) in [6, 6.07) is 1.78. The Morgan fingerprint density at radius 3 is 2.71 bits per heavy atom. The molecule has 94 valence electrons. The van der Waals surface area contributed by atoms with Crippen LogP contribution in [0.2, 0.25) is 5.02 Å². The van der Waals surface area contributed by atoms with Gasteiger partial charge in [-0.3, -0.25) is 0 Å². The van der Waals surface area contributed by atoms with Crippen LogP contribution in [0.25, 0.3) is 0 Å². The number of hydrogen-bond acceptors (Lipinski definition) is 3. The Hall–Kier alpha value is -0.320. The molecule has 1 aromatic rings. The minimum Gasteiger partial charge on any atom is -0.473 e.